The number of carbonyl (C=O) groups is 1. The summed E-state index contributed by atoms with van der Waals surface area (Å²) in [6, 6.07) is 11.2. The summed E-state index contributed by atoms with van der Waals surface area (Å²) in [4.78, 5) is 20.8. The number of benzene rings is 1. The maximum absolute atomic E-state index is 12.3. The fraction of sp³-hybridized carbons (Fsp3) is 0.167. The molecule has 0 saturated carbocycles. The lowest BCUT2D eigenvalue weighted by molar-refractivity contribution is -0.121. The van der Waals surface area contributed by atoms with Gasteiger partial charge in [0.05, 0.1) is 18.2 Å². The summed E-state index contributed by atoms with van der Waals surface area (Å²) in [5.74, 6) is -0.0783. The topological polar surface area (TPSA) is 54.9 Å². The second-order valence-electron chi connectivity index (χ2n) is 5.37. The molecule has 0 aliphatic carbocycles. The van der Waals surface area contributed by atoms with Crippen LogP contribution in [0.4, 0.5) is 0 Å². The first kappa shape index (κ1) is 16.6. The zero-order valence-electron chi connectivity index (χ0n) is 13.1. The van der Waals surface area contributed by atoms with Gasteiger partial charge < -0.3 is 5.32 Å². The molecule has 1 aromatic carbocycles. The second kappa shape index (κ2) is 7.55. The van der Waals surface area contributed by atoms with E-state index >= 15 is 0 Å². The fourth-order valence-corrected chi connectivity index (χ4v) is 3.48. The van der Waals surface area contributed by atoms with Gasteiger partial charge >= 0.3 is 0 Å². The van der Waals surface area contributed by atoms with Crippen LogP contribution >= 0.6 is 22.9 Å². The molecule has 6 heteroatoms. The van der Waals surface area contributed by atoms with E-state index in [2.05, 4.69) is 15.3 Å². The molecule has 0 saturated heterocycles. The van der Waals surface area contributed by atoms with Crippen LogP contribution in [0.25, 0.3) is 10.6 Å². The summed E-state index contributed by atoms with van der Waals surface area (Å²) >= 11 is 7.68. The Labute approximate surface area is 149 Å². The number of pyridine rings is 1. The molecule has 1 N–H and O–H groups in total. The van der Waals surface area contributed by atoms with Gasteiger partial charge in [0.25, 0.3) is 0 Å². The number of nitrogens with zero attached hydrogens (tertiary/aromatic N) is 2. The number of carbonyl (C=O) groups excluding carboxylic acids is 1. The molecule has 1 amide bonds. The van der Waals surface area contributed by atoms with Crippen LogP contribution in [0.2, 0.25) is 5.02 Å². The number of aromatic nitrogens is 2. The zero-order chi connectivity index (χ0) is 16.9. The van der Waals surface area contributed by atoms with Gasteiger partial charge in [0.15, 0.2) is 0 Å². The first-order chi connectivity index (χ1) is 11.6. The molecule has 1 unspecified atom stereocenters. The number of hydrogen-bond acceptors (Lipinski definition) is 4. The Hall–Kier alpha value is -2.24. The molecule has 24 heavy (non-hydrogen) atoms. The van der Waals surface area contributed by atoms with Crippen molar-refractivity contribution in [2.75, 3.05) is 0 Å². The molecule has 0 spiro atoms. The lowest BCUT2D eigenvalue weighted by Crippen LogP contribution is -2.28. The Bertz CT molecular complexity index is 835. The van der Waals surface area contributed by atoms with Crippen molar-refractivity contribution < 1.29 is 4.79 Å². The molecule has 0 bridgehead atoms. The summed E-state index contributed by atoms with van der Waals surface area (Å²) in [5, 5.41) is 6.38. The van der Waals surface area contributed by atoms with E-state index < -0.39 is 0 Å². The highest BCUT2D eigenvalue weighted by Crippen LogP contribution is 2.24. The average molecular weight is 358 g/mol. The van der Waals surface area contributed by atoms with Gasteiger partial charge in [-0.3, -0.25) is 9.78 Å². The first-order valence-corrected chi connectivity index (χ1v) is 8.78. The number of hydrogen-bond donors (Lipinski definition) is 1. The van der Waals surface area contributed by atoms with Gasteiger partial charge in [-0.05, 0) is 30.7 Å². The minimum atomic E-state index is -0.150. The molecule has 3 rings (SSSR count). The number of amides is 1. The van der Waals surface area contributed by atoms with Crippen LogP contribution in [-0.4, -0.2) is 15.9 Å². The van der Waals surface area contributed by atoms with E-state index in [4.69, 9.17) is 11.6 Å². The van der Waals surface area contributed by atoms with Crippen LogP contribution in [0.3, 0.4) is 0 Å². The van der Waals surface area contributed by atoms with E-state index in [-0.39, 0.29) is 18.4 Å². The van der Waals surface area contributed by atoms with Crippen molar-refractivity contribution in [3.63, 3.8) is 0 Å². The van der Waals surface area contributed by atoms with Gasteiger partial charge in [0.2, 0.25) is 5.91 Å². The third kappa shape index (κ3) is 3.99. The zero-order valence-corrected chi connectivity index (χ0v) is 14.6. The van der Waals surface area contributed by atoms with Gasteiger partial charge in [-0.25, -0.2) is 4.98 Å². The predicted molar refractivity (Wildman–Crippen MR) is 97.1 cm³/mol. The van der Waals surface area contributed by atoms with E-state index in [1.807, 2.05) is 48.7 Å². The highest BCUT2D eigenvalue weighted by molar-refractivity contribution is 7.13. The van der Waals surface area contributed by atoms with Crippen LogP contribution in [0, 0.1) is 0 Å². The van der Waals surface area contributed by atoms with Crippen LogP contribution in [-0.2, 0) is 11.2 Å². The van der Waals surface area contributed by atoms with Crippen LogP contribution in [0.1, 0.15) is 24.2 Å². The molecule has 122 valence electrons. The quantitative estimate of drug-likeness (QED) is 0.741. The first-order valence-electron chi connectivity index (χ1n) is 7.52. The highest BCUT2D eigenvalue weighted by Gasteiger charge is 2.14. The molecule has 3 aromatic rings. The number of rotatable bonds is 5. The van der Waals surface area contributed by atoms with Crippen molar-refractivity contribution in [2.45, 2.75) is 19.4 Å². The van der Waals surface area contributed by atoms with Gasteiger partial charge in [0, 0.05) is 28.4 Å². The van der Waals surface area contributed by atoms with E-state index in [1.165, 1.54) is 11.3 Å². The summed E-state index contributed by atoms with van der Waals surface area (Å²) in [6.07, 6.45) is 3.73. The predicted octanol–water partition coefficient (Wildman–Crippen LogP) is 4.28. The van der Waals surface area contributed by atoms with E-state index in [0.29, 0.717) is 5.02 Å². The summed E-state index contributed by atoms with van der Waals surface area (Å²) < 4.78 is 0. The van der Waals surface area contributed by atoms with Crippen LogP contribution in [0.5, 0.6) is 0 Å². The molecule has 0 aliphatic heterocycles. The van der Waals surface area contributed by atoms with Gasteiger partial charge in [-0.2, -0.15) is 0 Å². The SMILES string of the molecule is CC(NC(=O)Cc1csc(-c2cccnc2)n1)c1ccccc1Cl. The summed E-state index contributed by atoms with van der Waals surface area (Å²) in [7, 11) is 0. The molecule has 0 fully saturated rings. The Morgan fingerprint density at radius 2 is 2.12 bits per heavy atom. The smallest absolute Gasteiger partial charge is 0.226 e. The fourth-order valence-electron chi connectivity index (χ4n) is 2.37. The van der Waals surface area contributed by atoms with Gasteiger partial charge in [-0.1, -0.05) is 29.8 Å². The third-order valence-corrected chi connectivity index (χ3v) is 4.84. The molecule has 0 aliphatic rings. The van der Waals surface area contributed by atoms with Crippen molar-refractivity contribution in [2.24, 2.45) is 0 Å². The molecular formula is C18H16ClN3OS. The normalized spacial score (nSPS) is 11.9. The Morgan fingerprint density at radius 3 is 2.88 bits per heavy atom. The molecular weight excluding hydrogens is 342 g/mol. The van der Waals surface area contributed by atoms with Crippen molar-refractivity contribution in [3.8, 4) is 10.6 Å². The maximum atomic E-state index is 12.3. The monoisotopic (exact) mass is 357 g/mol. The largest absolute Gasteiger partial charge is 0.349 e. The second-order valence-corrected chi connectivity index (χ2v) is 6.64. The van der Waals surface area contributed by atoms with Crippen LogP contribution in [0.15, 0.2) is 54.2 Å². The van der Waals surface area contributed by atoms with Gasteiger partial charge in [0.1, 0.15) is 5.01 Å². The molecule has 4 nitrogen and oxygen atoms in total. The molecule has 0 radical (unpaired) electrons. The maximum Gasteiger partial charge on any atom is 0.226 e. The van der Waals surface area contributed by atoms with Crippen LogP contribution < -0.4 is 5.32 Å². The Morgan fingerprint density at radius 1 is 1.29 bits per heavy atom. The standard InChI is InChI=1S/C18H16ClN3OS/c1-12(15-6-2-3-7-16(15)19)21-17(23)9-14-11-24-18(22-14)13-5-4-8-20-10-13/h2-8,10-12H,9H2,1H3,(H,21,23). The van der Waals surface area contributed by atoms with E-state index in [9.17, 15) is 4.79 Å². The highest BCUT2D eigenvalue weighted by atomic mass is 35.5. The minimum absolute atomic E-state index is 0.0783. The molecule has 2 heterocycles. The van der Waals surface area contributed by atoms with Gasteiger partial charge in [-0.15, -0.1) is 11.3 Å². The Balaban J connectivity index is 1.63. The lowest BCUT2D eigenvalue weighted by atomic mass is 10.1. The summed E-state index contributed by atoms with van der Waals surface area (Å²) in [5.41, 5.74) is 2.61. The minimum Gasteiger partial charge on any atom is -0.349 e. The number of nitrogens with one attached hydrogen (secondary N) is 1. The average Bonchev–Trinajstić information content (AvgIpc) is 3.04. The third-order valence-electron chi connectivity index (χ3n) is 3.55. The lowest BCUT2D eigenvalue weighted by Gasteiger charge is -2.15. The molecule has 1 atom stereocenters. The Kier molecular flexibility index (Phi) is 5.23. The van der Waals surface area contributed by atoms with E-state index in [1.54, 1.807) is 12.4 Å². The molecule has 2 aromatic heterocycles. The van der Waals surface area contributed by atoms with Crippen molar-refractivity contribution in [1.29, 1.82) is 0 Å². The van der Waals surface area contributed by atoms with Crippen molar-refractivity contribution in [1.82, 2.24) is 15.3 Å². The number of thiazole rings is 1. The number of halogens is 1. The van der Waals surface area contributed by atoms with E-state index in [0.717, 1.165) is 21.8 Å². The van der Waals surface area contributed by atoms with Crippen molar-refractivity contribution >= 4 is 28.8 Å². The van der Waals surface area contributed by atoms with Crippen molar-refractivity contribution in [3.05, 3.63) is 70.5 Å². The summed E-state index contributed by atoms with van der Waals surface area (Å²) in [6.45, 7) is 1.92.